The van der Waals surface area contributed by atoms with Crippen LogP contribution in [0.1, 0.15) is 5.82 Å². The van der Waals surface area contributed by atoms with Gasteiger partial charge in [0.2, 0.25) is 11.2 Å². The number of anilines is 1. The normalized spacial score (nSPS) is 14.4. The van der Waals surface area contributed by atoms with E-state index in [4.69, 9.17) is 16.3 Å². The maximum absolute atomic E-state index is 5.84. The molecule has 0 spiro atoms. The standard InChI is InChI=1S/C10H11ClN6O/c1-18-10-14-8(11)13-9(15-10)17-5-4-16-3-2-12-7(16)6-17/h2-3H,4-6H2,1H3. The Bertz CT molecular complexity index is 571. The van der Waals surface area contributed by atoms with Gasteiger partial charge in [0.15, 0.2) is 0 Å². The molecule has 0 saturated carbocycles. The molecule has 0 N–H and O–H groups in total. The van der Waals surface area contributed by atoms with Gasteiger partial charge in [-0.2, -0.15) is 15.0 Å². The first kappa shape index (κ1) is 11.2. The molecule has 0 atom stereocenters. The maximum atomic E-state index is 5.84. The molecular formula is C10H11ClN6O. The summed E-state index contributed by atoms with van der Waals surface area (Å²) in [5.41, 5.74) is 0. The summed E-state index contributed by atoms with van der Waals surface area (Å²) in [7, 11) is 1.50. The van der Waals surface area contributed by atoms with Crippen LogP contribution in [0, 0.1) is 0 Å². The van der Waals surface area contributed by atoms with Crippen molar-refractivity contribution in [3.63, 3.8) is 0 Å². The van der Waals surface area contributed by atoms with E-state index in [1.807, 2.05) is 11.1 Å². The Morgan fingerprint density at radius 1 is 1.28 bits per heavy atom. The van der Waals surface area contributed by atoms with Crippen LogP contribution in [-0.2, 0) is 13.1 Å². The fourth-order valence-electron chi connectivity index (χ4n) is 1.90. The SMILES string of the molecule is COc1nc(Cl)nc(N2CCn3ccnc3C2)n1. The number of imidazole rings is 1. The summed E-state index contributed by atoms with van der Waals surface area (Å²) in [6.07, 6.45) is 3.76. The van der Waals surface area contributed by atoms with Crippen LogP contribution < -0.4 is 9.64 Å². The fourth-order valence-corrected chi connectivity index (χ4v) is 2.05. The lowest BCUT2D eigenvalue weighted by Crippen LogP contribution is -2.34. The van der Waals surface area contributed by atoms with E-state index in [1.54, 1.807) is 6.20 Å². The van der Waals surface area contributed by atoms with Crippen LogP contribution in [-0.4, -0.2) is 38.2 Å². The van der Waals surface area contributed by atoms with Gasteiger partial charge >= 0.3 is 6.01 Å². The largest absolute Gasteiger partial charge is 0.467 e. The van der Waals surface area contributed by atoms with Crippen molar-refractivity contribution in [2.75, 3.05) is 18.6 Å². The number of aromatic nitrogens is 5. The third kappa shape index (κ3) is 1.97. The first-order chi connectivity index (χ1) is 8.76. The Kier molecular flexibility index (Phi) is 2.75. The average molecular weight is 267 g/mol. The third-order valence-corrected chi connectivity index (χ3v) is 2.96. The van der Waals surface area contributed by atoms with E-state index in [-0.39, 0.29) is 11.3 Å². The van der Waals surface area contributed by atoms with E-state index in [2.05, 4.69) is 24.5 Å². The number of hydrogen-bond acceptors (Lipinski definition) is 6. The van der Waals surface area contributed by atoms with Crippen LogP contribution in [0.3, 0.4) is 0 Å². The quantitative estimate of drug-likeness (QED) is 0.799. The maximum Gasteiger partial charge on any atom is 0.322 e. The lowest BCUT2D eigenvalue weighted by atomic mass is 10.4. The van der Waals surface area contributed by atoms with Crippen LogP contribution in [0.15, 0.2) is 12.4 Å². The van der Waals surface area contributed by atoms with Crippen molar-refractivity contribution in [3.05, 3.63) is 23.5 Å². The zero-order valence-electron chi connectivity index (χ0n) is 9.75. The average Bonchev–Trinajstić information content (AvgIpc) is 2.85. The van der Waals surface area contributed by atoms with Crippen molar-refractivity contribution in [2.24, 2.45) is 0 Å². The lowest BCUT2D eigenvalue weighted by molar-refractivity contribution is 0.377. The van der Waals surface area contributed by atoms with E-state index in [9.17, 15) is 0 Å². The van der Waals surface area contributed by atoms with Gasteiger partial charge in [-0.25, -0.2) is 4.98 Å². The molecule has 0 fully saturated rings. The summed E-state index contributed by atoms with van der Waals surface area (Å²) < 4.78 is 7.09. The molecule has 8 heteroatoms. The van der Waals surface area contributed by atoms with Crippen molar-refractivity contribution in [1.29, 1.82) is 0 Å². The van der Waals surface area contributed by atoms with E-state index >= 15 is 0 Å². The van der Waals surface area contributed by atoms with Crippen molar-refractivity contribution in [3.8, 4) is 6.01 Å². The molecule has 1 aliphatic heterocycles. The highest BCUT2D eigenvalue weighted by molar-refractivity contribution is 6.28. The molecule has 3 heterocycles. The summed E-state index contributed by atoms with van der Waals surface area (Å²) in [5, 5.41) is 0.130. The predicted octanol–water partition coefficient (Wildman–Crippen LogP) is 0.750. The molecule has 18 heavy (non-hydrogen) atoms. The van der Waals surface area contributed by atoms with Gasteiger partial charge in [0.05, 0.1) is 13.7 Å². The fraction of sp³-hybridized carbons (Fsp3) is 0.400. The number of ether oxygens (including phenoxy) is 1. The van der Waals surface area contributed by atoms with Crippen molar-refractivity contribution in [2.45, 2.75) is 13.1 Å². The second kappa shape index (κ2) is 4.41. The van der Waals surface area contributed by atoms with Gasteiger partial charge in [-0.05, 0) is 11.6 Å². The van der Waals surface area contributed by atoms with Gasteiger partial charge in [0.1, 0.15) is 5.82 Å². The molecule has 2 aromatic heterocycles. The summed E-state index contributed by atoms with van der Waals surface area (Å²) in [6.45, 7) is 2.30. The van der Waals surface area contributed by atoms with Gasteiger partial charge < -0.3 is 14.2 Å². The third-order valence-electron chi connectivity index (χ3n) is 2.79. The molecule has 3 rings (SSSR count). The monoisotopic (exact) mass is 266 g/mol. The topological polar surface area (TPSA) is 69.0 Å². The zero-order chi connectivity index (χ0) is 12.5. The van der Waals surface area contributed by atoms with Crippen molar-refractivity contribution < 1.29 is 4.74 Å². The molecule has 7 nitrogen and oxygen atoms in total. The zero-order valence-corrected chi connectivity index (χ0v) is 10.5. The highest BCUT2D eigenvalue weighted by Gasteiger charge is 2.20. The summed E-state index contributed by atoms with van der Waals surface area (Å²) in [6, 6.07) is 0.221. The minimum atomic E-state index is 0.130. The number of hydrogen-bond donors (Lipinski definition) is 0. The Morgan fingerprint density at radius 2 is 2.17 bits per heavy atom. The Labute approximate surface area is 108 Å². The van der Waals surface area contributed by atoms with Gasteiger partial charge in [-0.1, -0.05) is 0 Å². The number of halogens is 1. The smallest absolute Gasteiger partial charge is 0.322 e. The minimum Gasteiger partial charge on any atom is -0.467 e. The Balaban J connectivity index is 1.90. The summed E-state index contributed by atoms with van der Waals surface area (Å²) in [4.78, 5) is 18.4. The summed E-state index contributed by atoms with van der Waals surface area (Å²) in [5.74, 6) is 1.50. The Morgan fingerprint density at radius 3 is 3.00 bits per heavy atom. The second-order valence-corrected chi connectivity index (χ2v) is 4.19. The van der Waals surface area contributed by atoms with Gasteiger partial charge in [-0.3, -0.25) is 0 Å². The van der Waals surface area contributed by atoms with Crippen LogP contribution in [0.5, 0.6) is 6.01 Å². The van der Waals surface area contributed by atoms with Gasteiger partial charge in [-0.15, -0.1) is 0 Å². The highest BCUT2D eigenvalue weighted by Crippen LogP contribution is 2.19. The molecule has 0 bridgehead atoms. The van der Waals surface area contributed by atoms with E-state index in [1.165, 1.54) is 7.11 Å². The second-order valence-electron chi connectivity index (χ2n) is 3.85. The number of fused-ring (bicyclic) bond motifs is 1. The van der Waals surface area contributed by atoms with Crippen LogP contribution in [0.4, 0.5) is 5.95 Å². The van der Waals surface area contributed by atoms with Crippen molar-refractivity contribution in [1.82, 2.24) is 24.5 Å². The molecule has 0 radical (unpaired) electrons. The number of rotatable bonds is 2. The molecular weight excluding hydrogens is 256 g/mol. The number of methoxy groups -OCH3 is 1. The molecule has 0 amide bonds. The highest BCUT2D eigenvalue weighted by atomic mass is 35.5. The summed E-state index contributed by atoms with van der Waals surface area (Å²) >= 11 is 5.84. The minimum absolute atomic E-state index is 0.130. The first-order valence-corrected chi connectivity index (χ1v) is 5.84. The molecule has 0 aliphatic carbocycles. The molecule has 0 saturated heterocycles. The van der Waals surface area contributed by atoms with Gasteiger partial charge in [0.25, 0.3) is 0 Å². The lowest BCUT2D eigenvalue weighted by Gasteiger charge is -2.27. The van der Waals surface area contributed by atoms with Crippen LogP contribution in [0.2, 0.25) is 5.28 Å². The molecule has 0 unspecified atom stereocenters. The Hall–Kier alpha value is -1.89. The van der Waals surface area contributed by atoms with Crippen LogP contribution >= 0.6 is 11.6 Å². The molecule has 0 aromatic carbocycles. The van der Waals surface area contributed by atoms with E-state index < -0.39 is 0 Å². The van der Waals surface area contributed by atoms with E-state index in [0.29, 0.717) is 12.5 Å². The van der Waals surface area contributed by atoms with Gasteiger partial charge in [0, 0.05) is 25.5 Å². The molecule has 2 aromatic rings. The molecule has 94 valence electrons. The molecule has 1 aliphatic rings. The first-order valence-electron chi connectivity index (χ1n) is 5.47. The van der Waals surface area contributed by atoms with Crippen molar-refractivity contribution >= 4 is 17.5 Å². The van der Waals surface area contributed by atoms with E-state index in [0.717, 1.165) is 18.9 Å². The predicted molar refractivity (Wildman–Crippen MR) is 64.7 cm³/mol. The van der Waals surface area contributed by atoms with Crippen LogP contribution in [0.25, 0.3) is 0 Å². The number of nitrogens with zero attached hydrogens (tertiary/aromatic N) is 6.